The number of nitrogens with zero attached hydrogens (tertiary/aromatic N) is 1. The number of hydrogen-bond donors (Lipinski definition) is 2. The van der Waals surface area contributed by atoms with Crippen LogP contribution < -0.4 is 15.1 Å². The van der Waals surface area contributed by atoms with Gasteiger partial charge >= 0.3 is 0 Å². The highest BCUT2D eigenvalue weighted by molar-refractivity contribution is 5.77. The summed E-state index contributed by atoms with van der Waals surface area (Å²) in [5.41, 5.74) is 1.30. The van der Waals surface area contributed by atoms with E-state index in [-0.39, 0.29) is 5.91 Å². The van der Waals surface area contributed by atoms with E-state index in [1.165, 1.54) is 29.8 Å². The number of amides is 1. The molecule has 1 saturated carbocycles. The first-order chi connectivity index (χ1) is 11.2. The Labute approximate surface area is 139 Å². The van der Waals surface area contributed by atoms with E-state index >= 15 is 0 Å². The second-order valence-electron chi connectivity index (χ2n) is 7.19. The van der Waals surface area contributed by atoms with E-state index in [9.17, 15) is 4.79 Å². The second kappa shape index (κ2) is 7.82. The van der Waals surface area contributed by atoms with Crippen molar-refractivity contribution in [1.29, 1.82) is 0 Å². The van der Waals surface area contributed by atoms with Gasteiger partial charge in [-0.15, -0.1) is 0 Å². The minimum atomic E-state index is 0.243. The normalized spacial score (nSPS) is 26.0. The first kappa shape index (κ1) is 16.3. The van der Waals surface area contributed by atoms with Crippen molar-refractivity contribution in [3.05, 3.63) is 30.3 Å². The highest BCUT2D eigenvalue weighted by Crippen LogP contribution is 2.23. The number of benzene rings is 1. The van der Waals surface area contributed by atoms with E-state index in [1.807, 2.05) is 0 Å². The molecule has 23 heavy (non-hydrogen) atoms. The average molecular weight is 316 g/mol. The van der Waals surface area contributed by atoms with Crippen LogP contribution in [0.3, 0.4) is 0 Å². The van der Waals surface area contributed by atoms with E-state index in [2.05, 4.69) is 47.5 Å². The lowest BCUT2D eigenvalue weighted by molar-refractivity contribution is -0.892. The van der Waals surface area contributed by atoms with Crippen LogP contribution in [-0.2, 0) is 4.79 Å². The Morgan fingerprint density at radius 2 is 1.87 bits per heavy atom. The van der Waals surface area contributed by atoms with Crippen LogP contribution in [0.2, 0.25) is 0 Å². The van der Waals surface area contributed by atoms with Crippen molar-refractivity contribution in [2.75, 3.05) is 37.6 Å². The number of para-hydroxylation sites is 1. The third-order valence-electron chi connectivity index (χ3n) is 5.46. The molecule has 0 unspecified atom stereocenters. The zero-order valence-corrected chi connectivity index (χ0v) is 14.3. The molecular formula is C19H30N3O+. The molecule has 4 nitrogen and oxygen atoms in total. The van der Waals surface area contributed by atoms with Crippen LogP contribution in [-0.4, -0.2) is 44.7 Å². The maximum Gasteiger partial charge on any atom is 0.275 e. The van der Waals surface area contributed by atoms with Gasteiger partial charge in [0.15, 0.2) is 6.54 Å². The van der Waals surface area contributed by atoms with Gasteiger partial charge < -0.3 is 15.1 Å². The molecule has 1 saturated heterocycles. The fourth-order valence-corrected chi connectivity index (χ4v) is 3.91. The van der Waals surface area contributed by atoms with Crippen LogP contribution in [0.5, 0.6) is 0 Å². The molecule has 1 aliphatic carbocycles. The number of carbonyl (C=O) groups is 1. The lowest BCUT2D eigenvalue weighted by atomic mass is 9.86. The minimum absolute atomic E-state index is 0.243. The first-order valence-electron chi connectivity index (χ1n) is 9.15. The molecule has 1 aromatic rings. The quantitative estimate of drug-likeness (QED) is 0.872. The van der Waals surface area contributed by atoms with Gasteiger partial charge in [0, 0.05) is 11.7 Å². The standard InChI is InChI=1S/C19H29N3O/c1-16-7-5-6-10-18(16)20-19(23)15-21-11-13-22(14-12-21)17-8-3-2-4-9-17/h2-4,8-9,16,18H,5-7,10-15H2,1H3,(H,20,23)/p+1/t16-,18+/m1/s1. The SMILES string of the molecule is C[C@@H]1CCCC[C@@H]1NC(=O)C[NH+]1CCN(c2ccccc2)CC1. The van der Waals surface area contributed by atoms with E-state index in [0.717, 1.165) is 32.6 Å². The summed E-state index contributed by atoms with van der Waals surface area (Å²) < 4.78 is 0. The first-order valence-corrected chi connectivity index (χ1v) is 9.15. The Hall–Kier alpha value is -1.55. The Balaban J connectivity index is 1.42. The molecule has 0 bridgehead atoms. The number of anilines is 1. The molecule has 1 aliphatic heterocycles. The molecule has 0 spiro atoms. The summed E-state index contributed by atoms with van der Waals surface area (Å²) in [5.74, 6) is 0.879. The molecule has 2 fully saturated rings. The van der Waals surface area contributed by atoms with Gasteiger partial charge in [-0.3, -0.25) is 4.79 Å². The predicted octanol–water partition coefficient (Wildman–Crippen LogP) is 1.09. The third-order valence-corrected chi connectivity index (χ3v) is 5.46. The molecule has 2 atom stereocenters. The number of quaternary nitrogens is 1. The van der Waals surface area contributed by atoms with Gasteiger partial charge in [0.1, 0.15) is 0 Å². The summed E-state index contributed by atoms with van der Waals surface area (Å²) in [6, 6.07) is 11.0. The van der Waals surface area contributed by atoms with Crippen molar-refractivity contribution in [2.24, 2.45) is 5.92 Å². The highest BCUT2D eigenvalue weighted by atomic mass is 16.2. The summed E-state index contributed by atoms with van der Waals surface area (Å²) >= 11 is 0. The monoisotopic (exact) mass is 316 g/mol. The van der Waals surface area contributed by atoms with Crippen molar-refractivity contribution in [3.63, 3.8) is 0 Å². The van der Waals surface area contributed by atoms with Crippen molar-refractivity contribution in [3.8, 4) is 0 Å². The number of hydrogen-bond acceptors (Lipinski definition) is 2. The topological polar surface area (TPSA) is 36.8 Å². The predicted molar refractivity (Wildman–Crippen MR) is 93.8 cm³/mol. The van der Waals surface area contributed by atoms with Crippen molar-refractivity contribution in [2.45, 2.75) is 38.6 Å². The Morgan fingerprint density at radius 1 is 1.17 bits per heavy atom. The van der Waals surface area contributed by atoms with Crippen molar-refractivity contribution < 1.29 is 9.69 Å². The summed E-state index contributed by atoms with van der Waals surface area (Å²) in [4.78, 5) is 16.2. The lowest BCUT2D eigenvalue weighted by Gasteiger charge is -2.34. The molecule has 2 N–H and O–H groups in total. The summed E-state index contributed by atoms with van der Waals surface area (Å²) in [6.45, 7) is 7.06. The molecule has 2 aliphatic rings. The van der Waals surface area contributed by atoms with Crippen LogP contribution in [0.1, 0.15) is 32.6 Å². The highest BCUT2D eigenvalue weighted by Gasteiger charge is 2.26. The van der Waals surface area contributed by atoms with E-state index in [0.29, 0.717) is 18.5 Å². The summed E-state index contributed by atoms with van der Waals surface area (Å²) in [5, 5.41) is 3.29. The molecule has 126 valence electrons. The molecule has 0 radical (unpaired) electrons. The van der Waals surface area contributed by atoms with E-state index in [4.69, 9.17) is 0 Å². The van der Waals surface area contributed by atoms with Crippen LogP contribution in [0.25, 0.3) is 0 Å². The maximum atomic E-state index is 12.3. The maximum absolute atomic E-state index is 12.3. The number of nitrogens with one attached hydrogen (secondary N) is 2. The number of rotatable bonds is 4. The van der Waals surface area contributed by atoms with Gasteiger partial charge in [-0.2, -0.15) is 0 Å². The Bertz CT molecular complexity index is 497. The molecule has 1 heterocycles. The largest absolute Gasteiger partial charge is 0.360 e. The average Bonchev–Trinajstić information content (AvgIpc) is 2.58. The Morgan fingerprint density at radius 3 is 2.57 bits per heavy atom. The fourth-order valence-electron chi connectivity index (χ4n) is 3.91. The smallest absolute Gasteiger partial charge is 0.275 e. The van der Waals surface area contributed by atoms with Crippen LogP contribution in [0, 0.1) is 5.92 Å². The van der Waals surface area contributed by atoms with Gasteiger partial charge in [0.25, 0.3) is 5.91 Å². The lowest BCUT2D eigenvalue weighted by Crippen LogP contribution is -3.16. The van der Waals surface area contributed by atoms with Gasteiger partial charge in [0.05, 0.1) is 26.2 Å². The van der Waals surface area contributed by atoms with Crippen LogP contribution in [0.4, 0.5) is 5.69 Å². The van der Waals surface area contributed by atoms with Crippen LogP contribution in [0.15, 0.2) is 30.3 Å². The summed E-state index contributed by atoms with van der Waals surface area (Å²) in [6.07, 6.45) is 5.00. The van der Waals surface area contributed by atoms with Gasteiger partial charge in [0.2, 0.25) is 0 Å². The van der Waals surface area contributed by atoms with Crippen molar-refractivity contribution in [1.82, 2.24) is 5.32 Å². The Kier molecular flexibility index (Phi) is 5.55. The molecule has 3 rings (SSSR count). The second-order valence-corrected chi connectivity index (χ2v) is 7.19. The fraction of sp³-hybridized carbons (Fsp3) is 0.632. The molecule has 4 heteroatoms. The van der Waals surface area contributed by atoms with Crippen molar-refractivity contribution >= 4 is 11.6 Å². The zero-order valence-electron chi connectivity index (χ0n) is 14.3. The zero-order chi connectivity index (χ0) is 16.1. The molecule has 0 aromatic heterocycles. The van der Waals surface area contributed by atoms with Gasteiger partial charge in [-0.25, -0.2) is 0 Å². The number of piperazine rings is 1. The van der Waals surface area contributed by atoms with Crippen LogP contribution >= 0.6 is 0 Å². The number of carbonyl (C=O) groups excluding carboxylic acids is 1. The molecule has 1 aromatic carbocycles. The van der Waals surface area contributed by atoms with E-state index < -0.39 is 0 Å². The van der Waals surface area contributed by atoms with Gasteiger partial charge in [-0.05, 0) is 30.9 Å². The third kappa shape index (κ3) is 4.47. The molecular weight excluding hydrogens is 286 g/mol. The summed E-state index contributed by atoms with van der Waals surface area (Å²) in [7, 11) is 0. The minimum Gasteiger partial charge on any atom is -0.360 e. The molecule has 1 amide bonds. The van der Waals surface area contributed by atoms with E-state index in [1.54, 1.807) is 0 Å². The van der Waals surface area contributed by atoms with Gasteiger partial charge in [-0.1, -0.05) is 38.0 Å².